The van der Waals surface area contributed by atoms with Gasteiger partial charge in [0.15, 0.2) is 0 Å². The largest absolute Gasteiger partial charge is 0.243 e. The molecular formula is C10H11ClN2O2S. The van der Waals surface area contributed by atoms with Crippen molar-refractivity contribution in [2.45, 2.75) is 24.3 Å². The Morgan fingerprint density at radius 1 is 1.50 bits per heavy atom. The summed E-state index contributed by atoms with van der Waals surface area (Å²) >= 11 is 5.56. The molecule has 0 saturated heterocycles. The van der Waals surface area contributed by atoms with Gasteiger partial charge in [-0.15, -0.1) is 6.42 Å². The van der Waals surface area contributed by atoms with Gasteiger partial charge in [0.25, 0.3) is 0 Å². The molecule has 0 aliphatic rings. The number of rotatable bonds is 3. The van der Waals surface area contributed by atoms with Crippen LogP contribution in [-0.4, -0.2) is 18.9 Å². The lowest BCUT2D eigenvalue weighted by molar-refractivity contribution is 0.539. The first-order valence-corrected chi connectivity index (χ1v) is 6.26. The number of nitrogens with zero attached hydrogens (tertiary/aromatic N) is 1. The number of halogens is 1. The predicted molar refractivity (Wildman–Crippen MR) is 62.5 cm³/mol. The van der Waals surface area contributed by atoms with Gasteiger partial charge in [0.1, 0.15) is 10.0 Å². The van der Waals surface area contributed by atoms with Crippen molar-refractivity contribution in [1.82, 2.24) is 9.71 Å². The molecule has 16 heavy (non-hydrogen) atoms. The maximum Gasteiger partial charge on any atom is 0.243 e. The summed E-state index contributed by atoms with van der Waals surface area (Å²) in [5.41, 5.74) is -0.946. The number of hydrogen-bond acceptors (Lipinski definition) is 3. The highest BCUT2D eigenvalue weighted by Crippen LogP contribution is 2.13. The van der Waals surface area contributed by atoms with Crippen molar-refractivity contribution < 1.29 is 8.42 Å². The number of hydrogen-bond donors (Lipinski definition) is 1. The normalized spacial score (nSPS) is 12.1. The van der Waals surface area contributed by atoms with E-state index in [4.69, 9.17) is 18.0 Å². The Balaban J connectivity index is 3.05. The van der Waals surface area contributed by atoms with E-state index < -0.39 is 15.6 Å². The van der Waals surface area contributed by atoms with Crippen LogP contribution in [0.5, 0.6) is 0 Å². The van der Waals surface area contributed by atoms with Crippen LogP contribution in [0.1, 0.15) is 13.8 Å². The average molecular weight is 259 g/mol. The van der Waals surface area contributed by atoms with Crippen LogP contribution < -0.4 is 4.72 Å². The molecule has 0 aliphatic heterocycles. The van der Waals surface area contributed by atoms with Gasteiger partial charge in [0.2, 0.25) is 10.0 Å². The molecule has 0 atom stereocenters. The fourth-order valence-electron chi connectivity index (χ4n) is 0.946. The van der Waals surface area contributed by atoms with Crippen LogP contribution in [0.25, 0.3) is 0 Å². The van der Waals surface area contributed by atoms with Gasteiger partial charge >= 0.3 is 0 Å². The number of aromatic nitrogens is 1. The minimum Gasteiger partial charge on any atom is -0.243 e. The lowest BCUT2D eigenvalue weighted by atomic mass is 10.1. The highest BCUT2D eigenvalue weighted by molar-refractivity contribution is 7.89. The molecule has 6 heteroatoms. The second-order valence-electron chi connectivity index (χ2n) is 3.69. The standard InChI is InChI=1S/C10H11ClN2O2S/c1-4-10(2,3)13-16(14,15)8-5-6-9(11)12-7-8/h1,5-7,13H,2-3H3. The maximum atomic E-state index is 11.8. The van der Waals surface area contributed by atoms with Crippen LogP contribution in [0, 0.1) is 12.3 Å². The minimum atomic E-state index is -3.66. The van der Waals surface area contributed by atoms with Gasteiger partial charge in [-0.3, -0.25) is 0 Å². The van der Waals surface area contributed by atoms with Crippen LogP contribution in [0.2, 0.25) is 5.15 Å². The monoisotopic (exact) mass is 258 g/mol. The third-order valence-corrected chi connectivity index (χ3v) is 3.63. The molecule has 86 valence electrons. The first-order valence-electron chi connectivity index (χ1n) is 4.40. The molecule has 4 nitrogen and oxygen atoms in total. The molecule has 1 aromatic heterocycles. The van der Waals surface area contributed by atoms with Gasteiger partial charge in [-0.1, -0.05) is 17.5 Å². The Bertz CT molecular complexity index is 515. The molecule has 0 saturated carbocycles. The third kappa shape index (κ3) is 3.20. The highest BCUT2D eigenvalue weighted by atomic mass is 35.5. The lowest BCUT2D eigenvalue weighted by Gasteiger charge is -2.19. The molecule has 0 spiro atoms. The molecule has 0 amide bonds. The molecule has 0 radical (unpaired) electrons. The van der Waals surface area contributed by atoms with Crippen LogP contribution in [0.3, 0.4) is 0 Å². The first kappa shape index (κ1) is 13.0. The first-order chi connectivity index (χ1) is 7.27. The van der Waals surface area contributed by atoms with Gasteiger partial charge in [-0.25, -0.2) is 13.4 Å². The van der Waals surface area contributed by atoms with E-state index in [1.165, 1.54) is 18.3 Å². The molecule has 0 aromatic carbocycles. The van der Waals surface area contributed by atoms with E-state index in [2.05, 4.69) is 15.6 Å². The molecule has 1 aromatic rings. The SMILES string of the molecule is C#CC(C)(C)NS(=O)(=O)c1ccc(Cl)nc1. The summed E-state index contributed by atoms with van der Waals surface area (Å²) in [6, 6.07) is 2.77. The van der Waals surface area contributed by atoms with Crippen molar-refractivity contribution in [3.8, 4) is 12.3 Å². The summed E-state index contributed by atoms with van der Waals surface area (Å²) in [6.45, 7) is 3.18. The van der Waals surface area contributed by atoms with Crippen molar-refractivity contribution in [3.05, 3.63) is 23.5 Å². The fraction of sp³-hybridized carbons (Fsp3) is 0.300. The van der Waals surface area contributed by atoms with E-state index in [-0.39, 0.29) is 10.0 Å². The van der Waals surface area contributed by atoms with Crippen LogP contribution in [0.4, 0.5) is 0 Å². The average Bonchev–Trinajstić information content (AvgIpc) is 2.17. The van der Waals surface area contributed by atoms with E-state index in [0.29, 0.717) is 0 Å². The van der Waals surface area contributed by atoms with E-state index in [1.54, 1.807) is 13.8 Å². The molecular weight excluding hydrogens is 248 g/mol. The van der Waals surface area contributed by atoms with Crippen LogP contribution >= 0.6 is 11.6 Å². The van der Waals surface area contributed by atoms with Crippen molar-refractivity contribution in [2.75, 3.05) is 0 Å². The zero-order valence-electron chi connectivity index (χ0n) is 8.86. The number of pyridine rings is 1. The maximum absolute atomic E-state index is 11.8. The quantitative estimate of drug-likeness (QED) is 0.659. The zero-order valence-corrected chi connectivity index (χ0v) is 10.4. The molecule has 0 unspecified atom stereocenters. The van der Waals surface area contributed by atoms with Crippen molar-refractivity contribution >= 4 is 21.6 Å². The predicted octanol–water partition coefficient (Wildman–Crippen LogP) is 1.43. The molecule has 1 heterocycles. The van der Waals surface area contributed by atoms with E-state index in [0.717, 1.165) is 0 Å². The van der Waals surface area contributed by atoms with Gasteiger partial charge in [-0.05, 0) is 26.0 Å². The Morgan fingerprint density at radius 3 is 2.56 bits per heavy atom. The summed E-state index contributed by atoms with van der Waals surface area (Å²) in [4.78, 5) is 3.72. The summed E-state index contributed by atoms with van der Waals surface area (Å²) in [7, 11) is -3.66. The van der Waals surface area contributed by atoms with Gasteiger partial charge in [0, 0.05) is 6.20 Å². The minimum absolute atomic E-state index is 0.0280. The number of nitrogens with one attached hydrogen (secondary N) is 1. The van der Waals surface area contributed by atoms with Crippen LogP contribution in [0.15, 0.2) is 23.2 Å². The summed E-state index contributed by atoms with van der Waals surface area (Å²) in [5.74, 6) is 2.34. The summed E-state index contributed by atoms with van der Waals surface area (Å²) < 4.78 is 26.0. The molecule has 1 N–H and O–H groups in total. The summed E-state index contributed by atoms with van der Waals surface area (Å²) in [5, 5.41) is 0.232. The number of terminal acetylenes is 1. The van der Waals surface area contributed by atoms with Gasteiger partial charge < -0.3 is 0 Å². The number of sulfonamides is 1. The van der Waals surface area contributed by atoms with Crippen molar-refractivity contribution in [3.63, 3.8) is 0 Å². The van der Waals surface area contributed by atoms with Crippen LogP contribution in [-0.2, 0) is 10.0 Å². The topological polar surface area (TPSA) is 59.1 Å². The van der Waals surface area contributed by atoms with E-state index >= 15 is 0 Å². The zero-order chi connectivity index (χ0) is 12.4. The van der Waals surface area contributed by atoms with Crippen molar-refractivity contribution in [1.29, 1.82) is 0 Å². The second kappa shape index (κ2) is 4.42. The van der Waals surface area contributed by atoms with Crippen molar-refractivity contribution in [2.24, 2.45) is 0 Å². The van der Waals surface area contributed by atoms with E-state index in [1.807, 2.05) is 0 Å². The van der Waals surface area contributed by atoms with E-state index in [9.17, 15) is 8.42 Å². The highest BCUT2D eigenvalue weighted by Gasteiger charge is 2.24. The Labute approximate surface area is 100 Å². The Kier molecular flexibility index (Phi) is 3.58. The fourth-order valence-corrected chi connectivity index (χ4v) is 2.34. The molecule has 0 bridgehead atoms. The van der Waals surface area contributed by atoms with Gasteiger partial charge in [0.05, 0.1) is 5.54 Å². The molecule has 0 aliphatic carbocycles. The van der Waals surface area contributed by atoms with Gasteiger partial charge in [-0.2, -0.15) is 4.72 Å². The Hall–Kier alpha value is -1.09. The summed E-state index contributed by atoms with van der Waals surface area (Å²) in [6.07, 6.45) is 6.38. The molecule has 1 rings (SSSR count). The third-order valence-electron chi connectivity index (χ3n) is 1.76. The smallest absolute Gasteiger partial charge is 0.243 e. The Morgan fingerprint density at radius 2 is 2.12 bits per heavy atom. The lowest BCUT2D eigenvalue weighted by Crippen LogP contribution is -2.41. The molecule has 0 fully saturated rings. The second-order valence-corrected chi connectivity index (χ2v) is 5.76.